The molecule has 0 saturated carbocycles. The van der Waals surface area contributed by atoms with E-state index in [9.17, 15) is 9.59 Å². The van der Waals surface area contributed by atoms with Gasteiger partial charge in [0.05, 0.1) is 20.3 Å². The van der Waals surface area contributed by atoms with Crippen molar-refractivity contribution in [3.05, 3.63) is 63.5 Å². The monoisotopic (exact) mass is 513 g/mol. The molecule has 1 saturated heterocycles. The quantitative estimate of drug-likeness (QED) is 0.473. The molecule has 1 amide bonds. The maximum atomic E-state index is 13.5. The summed E-state index contributed by atoms with van der Waals surface area (Å²) in [7, 11) is 1.57. The summed E-state index contributed by atoms with van der Waals surface area (Å²) in [6, 6.07) is 12.8. The van der Waals surface area contributed by atoms with Crippen molar-refractivity contribution in [2.24, 2.45) is 0 Å². The van der Waals surface area contributed by atoms with Crippen molar-refractivity contribution >= 4 is 17.5 Å². The molecule has 10 heteroatoms. The molecule has 0 bridgehead atoms. The maximum Gasteiger partial charge on any atom is 0.351 e. The third-order valence-electron chi connectivity index (χ3n) is 5.99. The van der Waals surface area contributed by atoms with E-state index in [1.807, 2.05) is 32.0 Å². The number of methoxy groups -OCH3 is 1. The number of carbonyl (C=O) groups is 1. The number of rotatable bonds is 9. The molecule has 1 N–H and O–H groups in total. The Hall–Kier alpha value is -3.14. The van der Waals surface area contributed by atoms with Crippen LogP contribution in [0.5, 0.6) is 5.75 Å². The van der Waals surface area contributed by atoms with E-state index in [1.165, 1.54) is 9.25 Å². The van der Waals surface area contributed by atoms with Crippen LogP contribution in [-0.2, 0) is 22.5 Å². The fourth-order valence-electron chi connectivity index (χ4n) is 4.21. The van der Waals surface area contributed by atoms with Gasteiger partial charge in [0, 0.05) is 36.3 Å². The largest absolute Gasteiger partial charge is 0.494 e. The first kappa shape index (κ1) is 25.9. The number of halogens is 1. The topological polar surface area (TPSA) is 90.6 Å². The van der Waals surface area contributed by atoms with Gasteiger partial charge in [-0.3, -0.25) is 14.3 Å². The van der Waals surface area contributed by atoms with E-state index in [-0.39, 0.29) is 18.5 Å². The van der Waals surface area contributed by atoms with Crippen LogP contribution >= 0.6 is 11.6 Å². The molecule has 0 radical (unpaired) electrons. The van der Waals surface area contributed by atoms with Crippen molar-refractivity contribution in [3.63, 3.8) is 0 Å². The van der Waals surface area contributed by atoms with Crippen LogP contribution in [0.4, 0.5) is 0 Å². The zero-order valence-corrected chi connectivity index (χ0v) is 21.6. The van der Waals surface area contributed by atoms with Gasteiger partial charge in [-0.25, -0.2) is 4.79 Å². The smallest absolute Gasteiger partial charge is 0.351 e. The SMILES string of the molecule is COc1cc(CCN2CCOCC2)ccc1-n1nc(-c2cccc(Cl)c2)n(CC(=O)NC(C)C)c1=O. The minimum absolute atomic E-state index is 0.0528. The number of hydrogen-bond donors (Lipinski definition) is 1. The summed E-state index contributed by atoms with van der Waals surface area (Å²) >= 11 is 6.20. The normalized spacial score (nSPS) is 14.2. The fourth-order valence-corrected chi connectivity index (χ4v) is 4.40. The second-order valence-electron chi connectivity index (χ2n) is 9.05. The van der Waals surface area contributed by atoms with Crippen molar-refractivity contribution in [1.82, 2.24) is 24.6 Å². The van der Waals surface area contributed by atoms with Crippen LogP contribution in [0.25, 0.3) is 17.1 Å². The highest BCUT2D eigenvalue weighted by Gasteiger charge is 2.21. The number of ether oxygens (including phenoxy) is 2. The molecule has 36 heavy (non-hydrogen) atoms. The number of nitrogens with zero attached hydrogens (tertiary/aromatic N) is 4. The number of amides is 1. The molecule has 0 aliphatic carbocycles. The number of aromatic nitrogens is 3. The van der Waals surface area contributed by atoms with Gasteiger partial charge in [0.25, 0.3) is 0 Å². The number of carbonyl (C=O) groups excluding carboxylic acids is 1. The second kappa shape index (κ2) is 11.7. The first-order valence-corrected chi connectivity index (χ1v) is 12.5. The lowest BCUT2D eigenvalue weighted by molar-refractivity contribution is -0.122. The Morgan fingerprint density at radius 3 is 2.67 bits per heavy atom. The van der Waals surface area contributed by atoms with Crippen molar-refractivity contribution in [1.29, 1.82) is 0 Å². The van der Waals surface area contributed by atoms with Crippen molar-refractivity contribution < 1.29 is 14.3 Å². The standard InChI is InChI=1S/C26H32ClN5O4/c1-18(2)28-24(33)17-31-25(20-5-4-6-21(27)16-20)29-32(26(31)34)22-8-7-19(15-23(22)35-3)9-10-30-11-13-36-14-12-30/h4-8,15-16,18H,9-14,17H2,1-3H3,(H,28,33). The molecule has 1 fully saturated rings. The average Bonchev–Trinajstić information content (AvgIpc) is 3.18. The minimum Gasteiger partial charge on any atom is -0.494 e. The molecular weight excluding hydrogens is 482 g/mol. The predicted molar refractivity (Wildman–Crippen MR) is 139 cm³/mol. The first-order valence-electron chi connectivity index (χ1n) is 12.1. The van der Waals surface area contributed by atoms with Crippen LogP contribution in [0.2, 0.25) is 5.02 Å². The Balaban J connectivity index is 1.68. The highest BCUT2D eigenvalue weighted by molar-refractivity contribution is 6.30. The van der Waals surface area contributed by atoms with Gasteiger partial charge in [-0.05, 0) is 50.1 Å². The zero-order valence-electron chi connectivity index (χ0n) is 20.9. The van der Waals surface area contributed by atoms with E-state index < -0.39 is 5.69 Å². The molecule has 192 valence electrons. The Kier molecular flexibility index (Phi) is 8.45. The number of hydrogen-bond acceptors (Lipinski definition) is 6. The van der Waals surface area contributed by atoms with Crippen molar-refractivity contribution in [2.45, 2.75) is 32.9 Å². The summed E-state index contributed by atoms with van der Waals surface area (Å²) in [6.07, 6.45) is 0.850. The van der Waals surface area contributed by atoms with Gasteiger partial charge < -0.3 is 14.8 Å². The number of benzene rings is 2. The van der Waals surface area contributed by atoms with Gasteiger partial charge in [0.2, 0.25) is 5.91 Å². The summed E-state index contributed by atoms with van der Waals surface area (Å²) in [5.74, 6) is 0.603. The van der Waals surface area contributed by atoms with Crippen molar-refractivity contribution in [2.75, 3.05) is 40.0 Å². The molecule has 1 aliphatic rings. The molecule has 0 atom stereocenters. The molecule has 0 spiro atoms. The van der Waals surface area contributed by atoms with Crippen LogP contribution in [0.1, 0.15) is 19.4 Å². The molecule has 1 aliphatic heterocycles. The zero-order chi connectivity index (χ0) is 25.7. The Morgan fingerprint density at radius 1 is 1.19 bits per heavy atom. The summed E-state index contributed by atoms with van der Waals surface area (Å²) in [4.78, 5) is 28.5. The highest BCUT2D eigenvalue weighted by atomic mass is 35.5. The fraction of sp³-hybridized carbons (Fsp3) is 0.423. The third kappa shape index (κ3) is 6.16. The van der Waals surface area contributed by atoms with Crippen LogP contribution in [-0.4, -0.2) is 71.2 Å². The maximum absolute atomic E-state index is 13.5. The summed E-state index contributed by atoms with van der Waals surface area (Å²) in [5, 5.41) is 7.95. The molecular formula is C26H32ClN5O4. The predicted octanol–water partition coefficient (Wildman–Crippen LogP) is 2.76. The molecule has 0 unspecified atom stereocenters. The Bertz CT molecular complexity index is 1260. The second-order valence-corrected chi connectivity index (χ2v) is 9.48. The van der Waals surface area contributed by atoms with Crippen LogP contribution in [0.3, 0.4) is 0 Å². The summed E-state index contributed by atoms with van der Waals surface area (Å²) < 4.78 is 13.7. The Labute approximate surface area is 215 Å². The van der Waals surface area contributed by atoms with E-state index in [1.54, 1.807) is 31.4 Å². The van der Waals surface area contributed by atoms with Gasteiger partial charge in [-0.2, -0.15) is 4.68 Å². The van der Waals surface area contributed by atoms with E-state index >= 15 is 0 Å². The van der Waals surface area contributed by atoms with E-state index in [0.29, 0.717) is 27.8 Å². The van der Waals surface area contributed by atoms with E-state index in [2.05, 4.69) is 15.3 Å². The molecule has 9 nitrogen and oxygen atoms in total. The van der Waals surface area contributed by atoms with Crippen molar-refractivity contribution in [3.8, 4) is 22.8 Å². The Morgan fingerprint density at radius 2 is 1.97 bits per heavy atom. The highest BCUT2D eigenvalue weighted by Crippen LogP contribution is 2.26. The van der Waals surface area contributed by atoms with Gasteiger partial charge in [0.15, 0.2) is 5.82 Å². The lowest BCUT2D eigenvalue weighted by atomic mass is 10.1. The van der Waals surface area contributed by atoms with Crippen LogP contribution in [0, 0.1) is 0 Å². The molecule has 3 aromatic rings. The number of morpholine rings is 1. The van der Waals surface area contributed by atoms with Crippen LogP contribution in [0.15, 0.2) is 47.3 Å². The van der Waals surface area contributed by atoms with Gasteiger partial charge in [-0.15, -0.1) is 5.10 Å². The lowest BCUT2D eigenvalue weighted by Gasteiger charge is -2.26. The summed E-state index contributed by atoms with van der Waals surface area (Å²) in [6.45, 7) is 7.87. The molecule has 2 aromatic carbocycles. The molecule has 2 heterocycles. The van der Waals surface area contributed by atoms with E-state index in [0.717, 1.165) is 44.8 Å². The van der Waals surface area contributed by atoms with Crippen LogP contribution < -0.4 is 15.7 Å². The first-order chi connectivity index (χ1) is 17.4. The number of nitrogens with one attached hydrogen (secondary N) is 1. The molecule has 4 rings (SSSR count). The third-order valence-corrected chi connectivity index (χ3v) is 6.22. The van der Waals surface area contributed by atoms with Gasteiger partial charge in [0.1, 0.15) is 18.0 Å². The average molecular weight is 514 g/mol. The van der Waals surface area contributed by atoms with Gasteiger partial charge >= 0.3 is 5.69 Å². The molecule has 1 aromatic heterocycles. The minimum atomic E-state index is -0.441. The lowest BCUT2D eigenvalue weighted by Crippen LogP contribution is -2.37. The summed E-state index contributed by atoms with van der Waals surface area (Å²) in [5.41, 5.74) is 1.80. The van der Waals surface area contributed by atoms with E-state index in [4.69, 9.17) is 21.1 Å². The van der Waals surface area contributed by atoms with Gasteiger partial charge in [-0.1, -0.05) is 29.8 Å².